The number of carbonyl (C=O) groups excluding carboxylic acids is 1. The summed E-state index contributed by atoms with van der Waals surface area (Å²) in [6.07, 6.45) is 5.49. The molecule has 3 rings (SSSR count). The first-order valence-electron chi connectivity index (χ1n) is 6.85. The number of hydrazone groups is 1. The van der Waals surface area contributed by atoms with Crippen LogP contribution in [0.1, 0.15) is 20.8 Å². The topological polar surface area (TPSA) is 46.4 Å². The fraction of sp³-hybridized carbons (Fsp3) is 0.0588. The summed E-state index contributed by atoms with van der Waals surface area (Å²) in [5.74, 6) is -0.227. The molecule has 0 spiro atoms. The lowest BCUT2D eigenvalue weighted by atomic mass is 10.1. The minimum atomic E-state index is -0.227. The molecule has 110 valence electrons. The maximum absolute atomic E-state index is 12.3. The standard InChI is InChI=1S/C17H15N3OS/c1-13-8-11-22-16(13)12-18-19-17(21)14-6-2-3-7-15(14)20-9-4-5-10-20/h2-12H,1H3,(H,19,21). The summed E-state index contributed by atoms with van der Waals surface area (Å²) in [6.45, 7) is 2.01. The summed E-state index contributed by atoms with van der Waals surface area (Å²) in [7, 11) is 0. The molecule has 0 bridgehead atoms. The van der Waals surface area contributed by atoms with Gasteiger partial charge >= 0.3 is 0 Å². The van der Waals surface area contributed by atoms with E-state index in [9.17, 15) is 4.79 Å². The molecule has 1 N–H and O–H groups in total. The van der Waals surface area contributed by atoms with Gasteiger partial charge in [-0.2, -0.15) is 5.10 Å². The highest BCUT2D eigenvalue weighted by molar-refractivity contribution is 7.11. The average Bonchev–Trinajstić information content (AvgIpc) is 3.19. The summed E-state index contributed by atoms with van der Waals surface area (Å²) < 4.78 is 1.90. The monoisotopic (exact) mass is 309 g/mol. The smallest absolute Gasteiger partial charge is 0.273 e. The number of aryl methyl sites for hydroxylation is 1. The van der Waals surface area contributed by atoms with E-state index < -0.39 is 0 Å². The third-order valence-electron chi connectivity index (χ3n) is 3.28. The maximum atomic E-state index is 12.3. The lowest BCUT2D eigenvalue weighted by molar-refractivity contribution is 0.0955. The minimum absolute atomic E-state index is 0.227. The molecule has 0 saturated carbocycles. The van der Waals surface area contributed by atoms with E-state index in [-0.39, 0.29) is 5.91 Å². The number of para-hydroxylation sites is 1. The zero-order chi connectivity index (χ0) is 15.4. The van der Waals surface area contributed by atoms with Gasteiger partial charge < -0.3 is 4.57 Å². The number of rotatable bonds is 4. The predicted octanol–water partition coefficient (Wildman–Crippen LogP) is 3.61. The van der Waals surface area contributed by atoms with Gasteiger partial charge in [0.25, 0.3) is 5.91 Å². The summed E-state index contributed by atoms with van der Waals surface area (Å²) in [5.41, 5.74) is 5.15. The highest BCUT2D eigenvalue weighted by atomic mass is 32.1. The van der Waals surface area contributed by atoms with E-state index in [1.54, 1.807) is 23.6 Å². The van der Waals surface area contributed by atoms with Crippen LogP contribution in [0.3, 0.4) is 0 Å². The van der Waals surface area contributed by atoms with Crippen molar-refractivity contribution in [2.45, 2.75) is 6.92 Å². The van der Waals surface area contributed by atoms with Crippen molar-refractivity contribution in [2.24, 2.45) is 5.10 Å². The Morgan fingerprint density at radius 2 is 1.95 bits per heavy atom. The van der Waals surface area contributed by atoms with Gasteiger partial charge in [-0.05, 0) is 48.2 Å². The van der Waals surface area contributed by atoms with Gasteiger partial charge in [0.05, 0.1) is 17.5 Å². The Bertz CT molecular complexity index is 803. The molecule has 0 aliphatic rings. The van der Waals surface area contributed by atoms with Crippen LogP contribution in [0.4, 0.5) is 0 Å². The van der Waals surface area contributed by atoms with Crippen molar-refractivity contribution in [1.29, 1.82) is 0 Å². The van der Waals surface area contributed by atoms with E-state index in [1.165, 1.54) is 0 Å². The van der Waals surface area contributed by atoms with Crippen molar-refractivity contribution in [3.8, 4) is 5.69 Å². The predicted molar refractivity (Wildman–Crippen MR) is 89.9 cm³/mol. The Morgan fingerprint density at radius 1 is 1.18 bits per heavy atom. The number of nitrogens with zero attached hydrogens (tertiary/aromatic N) is 2. The number of nitrogens with one attached hydrogen (secondary N) is 1. The quantitative estimate of drug-likeness (QED) is 0.581. The first-order valence-corrected chi connectivity index (χ1v) is 7.73. The van der Waals surface area contributed by atoms with Crippen molar-refractivity contribution in [3.63, 3.8) is 0 Å². The summed E-state index contributed by atoms with van der Waals surface area (Å²) in [6, 6.07) is 13.3. The van der Waals surface area contributed by atoms with Crippen LogP contribution in [-0.2, 0) is 0 Å². The van der Waals surface area contributed by atoms with Gasteiger partial charge in [-0.15, -0.1) is 11.3 Å². The Kier molecular flexibility index (Phi) is 4.16. The van der Waals surface area contributed by atoms with Crippen LogP contribution in [0.2, 0.25) is 0 Å². The second-order valence-electron chi connectivity index (χ2n) is 4.77. The van der Waals surface area contributed by atoms with E-state index in [0.717, 1.165) is 16.1 Å². The molecule has 0 fully saturated rings. The number of amides is 1. The molecule has 3 aromatic rings. The molecule has 2 aromatic heterocycles. The van der Waals surface area contributed by atoms with Crippen LogP contribution >= 0.6 is 11.3 Å². The lowest BCUT2D eigenvalue weighted by Crippen LogP contribution is -2.19. The molecule has 4 nitrogen and oxygen atoms in total. The Labute approximate surface area is 132 Å². The molecular formula is C17H15N3OS. The van der Waals surface area contributed by atoms with Crippen LogP contribution in [-0.4, -0.2) is 16.7 Å². The van der Waals surface area contributed by atoms with Crippen molar-refractivity contribution < 1.29 is 4.79 Å². The number of benzene rings is 1. The average molecular weight is 309 g/mol. The van der Waals surface area contributed by atoms with Crippen LogP contribution in [0, 0.1) is 6.92 Å². The van der Waals surface area contributed by atoms with Gasteiger partial charge in [0.2, 0.25) is 0 Å². The number of aromatic nitrogens is 1. The van der Waals surface area contributed by atoms with Crippen molar-refractivity contribution in [2.75, 3.05) is 0 Å². The molecule has 22 heavy (non-hydrogen) atoms. The zero-order valence-electron chi connectivity index (χ0n) is 12.1. The van der Waals surface area contributed by atoms with E-state index >= 15 is 0 Å². The van der Waals surface area contributed by atoms with Gasteiger partial charge in [0.15, 0.2) is 0 Å². The Balaban J connectivity index is 1.79. The molecule has 0 aliphatic carbocycles. The highest BCUT2D eigenvalue weighted by Crippen LogP contribution is 2.15. The van der Waals surface area contributed by atoms with Crippen LogP contribution in [0.15, 0.2) is 65.3 Å². The highest BCUT2D eigenvalue weighted by Gasteiger charge is 2.10. The molecule has 0 unspecified atom stereocenters. The summed E-state index contributed by atoms with van der Waals surface area (Å²) >= 11 is 1.59. The molecule has 0 aliphatic heterocycles. The van der Waals surface area contributed by atoms with Crippen LogP contribution in [0.5, 0.6) is 0 Å². The van der Waals surface area contributed by atoms with Crippen LogP contribution in [0.25, 0.3) is 5.69 Å². The first-order chi connectivity index (χ1) is 10.8. The molecule has 0 atom stereocenters. The zero-order valence-corrected chi connectivity index (χ0v) is 12.9. The fourth-order valence-electron chi connectivity index (χ4n) is 2.11. The molecule has 1 aromatic carbocycles. The molecule has 1 amide bonds. The molecular weight excluding hydrogens is 294 g/mol. The fourth-order valence-corrected chi connectivity index (χ4v) is 2.90. The largest absolute Gasteiger partial charge is 0.323 e. The molecule has 2 heterocycles. The Hall–Kier alpha value is -2.66. The van der Waals surface area contributed by atoms with Crippen molar-refractivity contribution >= 4 is 23.5 Å². The van der Waals surface area contributed by atoms with Crippen LogP contribution < -0.4 is 5.43 Å². The van der Waals surface area contributed by atoms with E-state index in [4.69, 9.17) is 0 Å². The van der Waals surface area contributed by atoms with Gasteiger partial charge in [0, 0.05) is 17.3 Å². The van der Waals surface area contributed by atoms with Gasteiger partial charge in [-0.1, -0.05) is 12.1 Å². The number of hydrogen-bond acceptors (Lipinski definition) is 3. The number of hydrogen-bond donors (Lipinski definition) is 1. The number of thiophene rings is 1. The van der Waals surface area contributed by atoms with Gasteiger partial charge in [-0.3, -0.25) is 4.79 Å². The second kappa shape index (κ2) is 6.41. The molecule has 0 radical (unpaired) electrons. The molecule has 0 saturated heterocycles. The normalized spacial score (nSPS) is 11.0. The lowest BCUT2D eigenvalue weighted by Gasteiger charge is -2.08. The maximum Gasteiger partial charge on any atom is 0.273 e. The van der Waals surface area contributed by atoms with E-state index in [0.29, 0.717) is 5.56 Å². The second-order valence-corrected chi connectivity index (χ2v) is 5.72. The first kappa shape index (κ1) is 14.3. The van der Waals surface area contributed by atoms with E-state index in [1.807, 2.05) is 65.7 Å². The third-order valence-corrected chi connectivity index (χ3v) is 4.23. The van der Waals surface area contributed by atoms with E-state index in [2.05, 4.69) is 10.5 Å². The Morgan fingerprint density at radius 3 is 2.68 bits per heavy atom. The molecule has 5 heteroatoms. The van der Waals surface area contributed by atoms with Gasteiger partial charge in [0.1, 0.15) is 0 Å². The minimum Gasteiger partial charge on any atom is -0.323 e. The van der Waals surface area contributed by atoms with Crippen molar-refractivity contribution in [1.82, 2.24) is 9.99 Å². The van der Waals surface area contributed by atoms with Crippen molar-refractivity contribution in [3.05, 3.63) is 76.2 Å². The van der Waals surface area contributed by atoms with Gasteiger partial charge in [-0.25, -0.2) is 5.43 Å². The number of carbonyl (C=O) groups is 1. The third kappa shape index (κ3) is 2.99. The SMILES string of the molecule is Cc1ccsc1C=NNC(=O)c1ccccc1-n1cccc1. The summed E-state index contributed by atoms with van der Waals surface area (Å²) in [4.78, 5) is 13.4. The summed E-state index contributed by atoms with van der Waals surface area (Å²) in [5, 5.41) is 6.05.